The highest BCUT2D eigenvalue weighted by Crippen LogP contribution is 2.34. The zero-order valence-electron chi connectivity index (χ0n) is 8.41. The van der Waals surface area contributed by atoms with E-state index in [4.69, 9.17) is 5.73 Å². The van der Waals surface area contributed by atoms with E-state index in [2.05, 4.69) is 9.47 Å². The molecule has 0 aromatic carbocycles. The second kappa shape index (κ2) is 3.96. The van der Waals surface area contributed by atoms with Crippen LogP contribution in [0.3, 0.4) is 0 Å². The van der Waals surface area contributed by atoms with Crippen LogP contribution in [0.2, 0.25) is 0 Å². The summed E-state index contributed by atoms with van der Waals surface area (Å²) in [6.07, 6.45) is 1.37. The highest BCUT2D eigenvalue weighted by Gasteiger charge is 2.45. The van der Waals surface area contributed by atoms with Crippen molar-refractivity contribution < 1.29 is 19.1 Å². The van der Waals surface area contributed by atoms with E-state index in [9.17, 15) is 9.59 Å². The second-order valence-electron chi connectivity index (χ2n) is 3.61. The topological polar surface area (TPSA) is 78.6 Å². The van der Waals surface area contributed by atoms with Crippen LogP contribution in [0, 0.1) is 5.92 Å². The van der Waals surface area contributed by atoms with E-state index in [1.54, 1.807) is 0 Å². The van der Waals surface area contributed by atoms with Gasteiger partial charge in [-0.3, -0.25) is 9.59 Å². The third kappa shape index (κ3) is 1.87. The van der Waals surface area contributed by atoms with Gasteiger partial charge in [-0.15, -0.1) is 0 Å². The first-order valence-electron chi connectivity index (χ1n) is 4.48. The molecular weight excluding hydrogens is 186 g/mol. The predicted molar refractivity (Wildman–Crippen MR) is 48.3 cm³/mol. The minimum atomic E-state index is -1.01. The van der Waals surface area contributed by atoms with Gasteiger partial charge in [-0.05, 0) is 19.3 Å². The Kier molecular flexibility index (Phi) is 3.10. The average Bonchev–Trinajstić information content (AvgIpc) is 2.60. The Morgan fingerprint density at radius 1 is 1.36 bits per heavy atom. The summed E-state index contributed by atoms with van der Waals surface area (Å²) >= 11 is 0. The van der Waals surface area contributed by atoms with Gasteiger partial charge in [0.15, 0.2) is 0 Å². The van der Waals surface area contributed by atoms with Crippen molar-refractivity contribution >= 4 is 11.9 Å². The minimum Gasteiger partial charge on any atom is -0.469 e. The van der Waals surface area contributed by atoms with Crippen LogP contribution >= 0.6 is 0 Å². The van der Waals surface area contributed by atoms with Crippen LogP contribution in [0.15, 0.2) is 0 Å². The molecule has 2 atom stereocenters. The fourth-order valence-corrected chi connectivity index (χ4v) is 1.83. The van der Waals surface area contributed by atoms with E-state index < -0.39 is 11.5 Å². The average molecular weight is 201 g/mol. The van der Waals surface area contributed by atoms with Crippen molar-refractivity contribution in [2.24, 2.45) is 11.7 Å². The summed E-state index contributed by atoms with van der Waals surface area (Å²) in [5.74, 6) is -1.03. The summed E-state index contributed by atoms with van der Waals surface area (Å²) in [7, 11) is 2.62. The first-order valence-corrected chi connectivity index (χ1v) is 4.48. The molecule has 1 aliphatic carbocycles. The molecule has 2 unspecified atom stereocenters. The Morgan fingerprint density at radius 3 is 2.50 bits per heavy atom. The Balaban J connectivity index is 2.64. The minimum absolute atomic E-state index is 0.274. The molecule has 1 fully saturated rings. The lowest BCUT2D eigenvalue weighted by Crippen LogP contribution is -2.46. The molecule has 0 aromatic rings. The molecule has 0 heterocycles. The summed E-state index contributed by atoms with van der Waals surface area (Å²) in [5.41, 5.74) is 4.81. The summed E-state index contributed by atoms with van der Waals surface area (Å²) < 4.78 is 9.18. The molecule has 5 heteroatoms. The Morgan fingerprint density at radius 2 is 2.00 bits per heavy atom. The molecule has 5 nitrogen and oxygen atoms in total. The van der Waals surface area contributed by atoms with Gasteiger partial charge in [0, 0.05) is 0 Å². The van der Waals surface area contributed by atoms with Crippen molar-refractivity contribution in [3.63, 3.8) is 0 Å². The van der Waals surface area contributed by atoms with Crippen LogP contribution in [-0.2, 0) is 19.1 Å². The van der Waals surface area contributed by atoms with Crippen molar-refractivity contribution in [1.82, 2.24) is 0 Å². The molecular formula is C9H15NO4. The van der Waals surface area contributed by atoms with Crippen LogP contribution < -0.4 is 5.73 Å². The van der Waals surface area contributed by atoms with Crippen LogP contribution in [0.4, 0.5) is 0 Å². The zero-order chi connectivity index (χ0) is 10.8. The lowest BCUT2D eigenvalue weighted by atomic mass is 9.97. The number of methoxy groups -OCH3 is 2. The molecule has 0 amide bonds. The molecule has 1 rings (SSSR count). The molecule has 80 valence electrons. The number of hydrogen-bond acceptors (Lipinski definition) is 5. The maximum atomic E-state index is 11.3. The lowest BCUT2D eigenvalue weighted by Gasteiger charge is -2.19. The third-order valence-electron chi connectivity index (χ3n) is 2.68. The Bertz CT molecular complexity index is 253. The number of nitrogens with two attached hydrogens (primary N) is 1. The summed E-state index contributed by atoms with van der Waals surface area (Å²) in [5, 5.41) is 0. The number of carbonyl (C=O) groups is 2. The number of rotatable bonds is 2. The van der Waals surface area contributed by atoms with E-state index in [1.165, 1.54) is 14.2 Å². The van der Waals surface area contributed by atoms with Gasteiger partial charge in [0.2, 0.25) is 0 Å². The molecule has 14 heavy (non-hydrogen) atoms. The van der Waals surface area contributed by atoms with Crippen molar-refractivity contribution in [2.45, 2.75) is 24.8 Å². The SMILES string of the molecule is COC(=O)C1CCC(N)(C(=O)OC)C1. The van der Waals surface area contributed by atoms with Gasteiger partial charge in [-0.2, -0.15) is 0 Å². The molecule has 1 saturated carbocycles. The predicted octanol–water partition coefficient (Wildman–Crippen LogP) is -0.170. The van der Waals surface area contributed by atoms with E-state index in [1.807, 2.05) is 0 Å². The van der Waals surface area contributed by atoms with Crippen molar-refractivity contribution in [2.75, 3.05) is 14.2 Å². The van der Waals surface area contributed by atoms with E-state index >= 15 is 0 Å². The molecule has 0 aliphatic heterocycles. The van der Waals surface area contributed by atoms with Crippen molar-refractivity contribution in [1.29, 1.82) is 0 Å². The van der Waals surface area contributed by atoms with Crippen LogP contribution in [0.25, 0.3) is 0 Å². The van der Waals surface area contributed by atoms with Crippen LogP contribution in [0.1, 0.15) is 19.3 Å². The summed E-state index contributed by atoms with van der Waals surface area (Å²) in [4.78, 5) is 22.5. The van der Waals surface area contributed by atoms with E-state index in [-0.39, 0.29) is 11.9 Å². The van der Waals surface area contributed by atoms with Gasteiger partial charge >= 0.3 is 11.9 Å². The summed E-state index contributed by atoms with van der Waals surface area (Å²) in [6.45, 7) is 0. The second-order valence-corrected chi connectivity index (χ2v) is 3.61. The zero-order valence-corrected chi connectivity index (χ0v) is 8.41. The van der Waals surface area contributed by atoms with Gasteiger partial charge < -0.3 is 15.2 Å². The normalized spacial score (nSPS) is 31.2. The van der Waals surface area contributed by atoms with Crippen LogP contribution in [-0.4, -0.2) is 31.7 Å². The fourth-order valence-electron chi connectivity index (χ4n) is 1.83. The Hall–Kier alpha value is -1.10. The van der Waals surface area contributed by atoms with Crippen molar-refractivity contribution in [3.8, 4) is 0 Å². The van der Waals surface area contributed by atoms with Gasteiger partial charge in [0.1, 0.15) is 5.54 Å². The monoisotopic (exact) mass is 201 g/mol. The third-order valence-corrected chi connectivity index (χ3v) is 2.68. The summed E-state index contributed by atoms with van der Waals surface area (Å²) in [6, 6.07) is 0. The van der Waals surface area contributed by atoms with Crippen LogP contribution in [0.5, 0.6) is 0 Å². The smallest absolute Gasteiger partial charge is 0.325 e. The first-order chi connectivity index (χ1) is 6.53. The molecule has 0 bridgehead atoms. The fraction of sp³-hybridized carbons (Fsp3) is 0.778. The van der Waals surface area contributed by atoms with Gasteiger partial charge in [-0.25, -0.2) is 0 Å². The molecule has 1 aliphatic rings. The molecule has 0 spiro atoms. The van der Waals surface area contributed by atoms with E-state index in [0.29, 0.717) is 19.3 Å². The lowest BCUT2D eigenvalue weighted by molar-refractivity contribution is -0.148. The van der Waals surface area contributed by atoms with Gasteiger partial charge in [0.05, 0.1) is 20.1 Å². The number of ether oxygens (including phenoxy) is 2. The quantitative estimate of drug-likeness (QED) is 0.627. The van der Waals surface area contributed by atoms with Gasteiger partial charge in [0.25, 0.3) is 0 Å². The molecule has 0 aromatic heterocycles. The molecule has 0 radical (unpaired) electrons. The number of esters is 2. The van der Waals surface area contributed by atoms with E-state index in [0.717, 1.165) is 0 Å². The highest BCUT2D eigenvalue weighted by atomic mass is 16.5. The van der Waals surface area contributed by atoms with Crippen molar-refractivity contribution in [3.05, 3.63) is 0 Å². The Labute approximate surface area is 82.5 Å². The maximum Gasteiger partial charge on any atom is 0.325 e. The standard InChI is InChI=1S/C9H15NO4/c1-13-7(11)6-3-4-9(10,5-6)8(12)14-2/h6H,3-5,10H2,1-2H3. The largest absolute Gasteiger partial charge is 0.469 e. The molecule has 2 N–H and O–H groups in total. The molecule has 0 saturated heterocycles. The highest BCUT2D eigenvalue weighted by molar-refractivity contribution is 5.83. The number of hydrogen-bond donors (Lipinski definition) is 1. The first kappa shape index (κ1) is 11.0. The maximum absolute atomic E-state index is 11.3. The van der Waals surface area contributed by atoms with Gasteiger partial charge in [-0.1, -0.05) is 0 Å². The number of carbonyl (C=O) groups excluding carboxylic acids is 2.